The van der Waals surface area contributed by atoms with Crippen molar-refractivity contribution in [3.05, 3.63) is 65.2 Å². The second-order valence-corrected chi connectivity index (χ2v) is 4.95. The summed E-state index contributed by atoms with van der Waals surface area (Å²) in [6.07, 6.45) is 0. The number of aromatic hydroxyl groups is 1. The molecule has 0 saturated carbocycles. The number of fused-ring (bicyclic) bond motifs is 1. The van der Waals surface area contributed by atoms with E-state index in [9.17, 15) is 9.90 Å². The van der Waals surface area contributed by atoms with Gasteiger partial charge in [-0.25, -0.2) is 0 Å². The summed E-state index contributed by atoms with van der Waals surface area (Å²) in [4.78, 5) is 12.4. The third-order valence-corrected chi connectivity index (χ3v) is 3.41. The lowest BCUT2D eigenvalue weighted by Gasteiger charge is -2.08. The summed E-state index contributed by atoms with van der Waals surface area (Å²) in [6, 6.07) is 13.8. The predicted octanol–water partition coefficient (Wildman–Crippen LogP) is 3.18. The van der Waals surface area contributed by atoms with Crippen LogP contribution in [0.1, 0.15) is 15.9 Å². The second-order valence-electron chi connectivity index (χ2n) is 4.95. The van der Waals surface area contributed by atoms with Crippen molar-refractivity contribution in [2.75, 3.05) is 5.32 Å². The Morgan fingerprint density at radius 1 is 1.18 bits per heavy atom. The fourth-order valence-electron chi connectivity index (χ4n) is 2.22. The zero-order valence-corrected chi connectivity index (χ0v) is 11.9. The molecular formula is C17H14N2O3. The molecule has 3 N–H and O–H groups in total. The number of carbonyl (C=O) groups is 1. The lowest BCUT2D eigenvalue weighted by Crippen LogP contribution is -2.21. The van der Waals surface area contributed by atoms with Crippen LogP contribution in [0.2, 0.25) is 0 Å². The van der Waals surface area contributed by atoms with E-state index in [4.69, 9.17) is 9.83 Å². The van der Waals surface area contributed by atoms with E-state index in [2.05, 4.69) is 5.32 Å². The number of phenols is 1. The van der Waals surface area contributed by atoms with Gasteiger partial charge in [0.1, 0.15) is 5.56 Å². The first-order valence-corrected chi connectivity index (χ1v) is 6.73. The largest absolute Gasteiger partial charge is 0.504 e. The van der Waals surface area contributed by atoms with E-state index in [-0.39, 0.29) is 22.5 Å². The molecule has 0 spiro atoms. The smallest absolute Gasteiger partial charge is 0.261 e. The van der Waals surface area contributed by atoms with Crippen LogP contribution < -0.4 is 10.9 Å². The lowest BCUT2D eigenvalue weighted by molar-refractivity contribution is 0.102. The average molecular weight is 294 g/mol. The molecule has 0 radical (unpaired) electrons. The van der Waals surface area contributed by atoms with Crippen LogP contribution in [0.4, 0.5) is 5.69 Å². The average Bonchev–Trinajstić information content (AvgIpc) is 2.50. The third kappa shape index (κ3) is 2.44. The molecule has 1 heterocycles. The number of anilines is 1. The number of para-hydroxylation sites is 2. The summed E-state index contributed by atoms with van der Waals surface area (Å²) in [7, 11) is 0. The molecule has 0 unspecified atom stereocenters. The van der Waals surface area contributed by atoms with E-state index in [1.54, 1.807) is 18.2 Å². The zero-order chi connectivity index (χ0) is 15.7. The minimum absolute atomic E-state index is 0.0585. The lowest BCUT2D eigenvalue weighted by atomic mass is 10.1. The van der Waals surface area contributed by atoms with Crippen LogP contribution in [-0.2, 0) is 0 Å². The first kappa shape index (κ1) is 13.9. The number of carbonyl (C=O) groups excluding carboxylic acids is 1. The SMILES string of the molecule is Cc1ccccc1NC(=O)c1cc2cccc(O)c2oc1=N. The Kier molecular flexibility index (Phi) is 3.39. The number of nitrogens with one attached hydrogen (secondary N) is 2. The molecule has 0 bridgehead atoms. The second kappa shape index (κ2) is 5.37. The molecule has 0 fully saturated rings. The summed E-state index contributed by atoms with van der Waals surface area (Å²) in [5, 5.41) is 20.9. The first-order valence-electron chi connectivity index (χ1n) is 6.73. The quantitative estimate of drug-likeness (QED) is 0.678. The van der Waals surface area contributed by atoms with Crippen LogP contribution >= 0.6 is 0 Å². The van der Waals surface area contributed by atoms with Crippen molar-refractivity contribution in [2.45, 2.75) is 6.92 Å². The molecule has 22 heavy (non-hydrogen) atoms. The Bertz CT molecular complexity index is 929. The van der Waals surface area contributed by atoms with E-state index in [1.165, 1.54) is 12.1 Å². The third-order valence-electron chi connectivity index (χ3n) is 3.41. The zero-order valence-electron chi connectivity index (χ0n) is 11.9. The summed E-state index contributed by atoms with van der Waals surface area (Å²) >= 11 is 0. The van der Waals surface area contributed by atoms with Gasteiger partial charge in [0.05, 0.1) is 0 Å². The summed E-state index contributed by atoms with van der Waals surface area (Å²) in [6.45, 7) is 1.89. The summed E-state index contributed by atoms with van der Waals surface area (Å²) in [5.74, 6) is -0.481. The summed E-state index contributed by atoms with van der Waals surface area (Å²) in [5.41, 5.74) is 1.63. The predicted molar refractivity (Wildman–Crippen MR) is 82.9 cm³/mol. The monoisotopic (exact) mass is 294 g/mol. The number of rotatable bonds is 2. The first-order chi connectivity index (χ1) is 10.6. The number of phenolic OH excluding ortho intramolecular Hbond substituents is 1. The van der Waals surface area contributed by atoms with Gasteiger partial charge in [-0.15, -0.1) is 0 Å². The minimum Gasteiger partial charge on any atom is -0.504 e. The van der Waals surface area contributed by atoms with E-state index in [1.807, 2.05) is 25.1 Å². The highest BCUT2D eigenvalue weighted by molar-refractivity contribution is 6.05. The van der Waals surface area contributed by atoms with Crippen molar-refractivity contribution in [1.29, 1.82) is 5.41 Å². The Hall–Kier alpha value is -3.08. The highest BCUT2D eigenvalue weighted by atomic mass is 16.4. The maximum absolute atomic E-state index is 12.4. The normalized spacial score (nSPS) is 10.6. The molecule has 0 atom stereocenters. The van der Waals surface area contributed by atoms with Gasteiger partial charge in [-0.3, -0.25) is 10.2 Å². The van der Waals surface area contributed by atoms with Crippen molar-refractivity contribution in [2.24, 2.45) is 0 Å². The number of hydrogen-bond donors (Lipinski definition) is 3. The van der Waals surface area contributed by atoms with Crippen molar-refractivity contribution in [3.8, 4) is 5.75 Å². The van der Waals surface area contributed by atoms with E-state index in [0.717, 1.165) is 5.56 Å². The van der Waals surface area contributed by atoms with E-state index < -0.39 is 5.91 Å². The standard InChI is InChI=1S/C17H14N2O3/c1-10-5-2-3-7-13(10)19-17(21)12-9-11-6-4-8-14(20)15(11)22-16(12)18/h2-9,18,20H,1H3,(H,19,21). The van der Waals surface area contributed by atoms with Crippen LogP contribution in [0.15, 0.2) is 52.9 Å². The molecule has 110 valence electrons. The van der Waals surface area contributed by atoms with Crippen LogP contribution in [0, 0.1) is 12.3 Å². The van der Waals surface area contributed by atoms with Gasteiger partial charge in [-0.05, 0) is 30.7 Å². The van der Waals surface area contributed by atoms with Gasteiger partial charge in [0.2, 0.25) is 5.55 Å². The number of amides is 1. The van der Waals surface area contributed by atoms with E-state index >= 15 is 0 Å². The molecule has 5 nitrogen and oxygen atoms in total. The Morgan fingerprint density at radius 3 is 2.73 bits per heavy atom. The number of benzene rings is 2. The highest BCUT2D eigenvalue weighted by Crippen LogP contribution is 2.23. The molecule has 0 aliphatic carbocycles. The van der Waals surface area contributed by atoms with Crippen molar-refractivity contribution >= 4 is 22.6 Å². The van der Waals surface area contributed by atoms with Gasteiger partial charge in [-0.2, -0.15) is 0 Å². The van der Waals surface area contributed by atoms with Gasteiger partial charge in [0.25, 0.3) is 5.91 Å². The molecular weight excluding hydrogens is 280 g/mol. The molecule has 1 amide bonds. The molecule has 3 rings (SSSR count). The fraction of sp³-hybridized carbons (Fsp3) is 0.0588. The molecule has 0 aliphatic heterocycles. The van der Waals surface area contributed by atoms with Gasteiger partial charge in [-0.1, -0.05) is 30.3 Å². The maximum Gasteiger partial charge on any atom is 0.261 e. The minimum atomic E-state index is -0.423. The fourth-order valence-corrected chi connectivity index (χ4v) is 2.22. The van der Waals surface area contributed by atoms with Crippen LogP contribution in [0.3, 0.4) is 0 Å². The molecule has 3 aromatic rings. The van der Waals surface area contributed by atoms with Crippen LogP contribution in [-0.4, -0.2) is 11.0 Å². The Labute approximate surface area is 126 Å². The van der Waals surface area contributed by atoms with Crippen LogP contribution in [0.5, 0.6) is 5.75 Å². The molecule has 0 saturated heterocycles. The van der Waals surface area contributed by atoms with Crippen molar-refractivity contribution < 1.29 is 14.3 Å². The molecule has 1 aromatic heterocycles. The summed E-state index contributed by atoms with van der Waals surface area (Å²) < 4.78 is 5.27. The van der Waals surface area contributed by atoms with Crippen molar-refractivity contribution in [1.82, 2.24) is 0 Å². The van der Waals surface area contributed by atoms with Gasteiger partial charge in [0.15, 0.2) is 11.3 Å². The highest BCUT2D eigenvalue weighted by Gasteiger charge is 2.14. The maximum atomic E-state index is 12.4. The van der Waals surface area contributed by atoms with E-state index in [0.29, 0.717) is 11.1 Å². The topological polar surface area (TPSA) is 86.3 Å². The molecule has 2 aromatic carbocycles. The Balaban J connectivity index is 2.03. The number of aryl methyl sites for hydroxylation is 1. The number of hydrogen-bond acceptors (Lipinski definition) is 4. The molecule has 5 heteroatoms. The Morgan fingerprint density at radius 2 is 1.95 bits per heavy atom. The molecule has 0 aliphatic rings. The van der Waals surface area contributed by atoms with Crippen molar-refractivity contribution in [3.63, 3.8) is 0 Å². The van der Waals surface area contributed by atoms with Gasteiger partial charge < -0.3 is 14.8 Å². The van der Waals surface area contributed by atoms with Crippen LogP contribution in [0.25, 0.3) is 11.0 Å². The van der Waals surface area contributed by atoms with Gasteiger partial charge in [0, 0.05) is 11.1 Å². The van der Waals surface area contributed by atoms with Gasteiger partial charge >= 0.3 is 0 Å².